The van der Waals surface area contributed by atoms with Crippen LogP contribution < -0.4 is 0 Å². The third-order valence-electron chi connectivity index (χ3n) is 6.62. The van der Waals surface area contributed by atoms with Crippen molar-refractivity contribution in [1.29, 1.82) is 0 Å². The van der Waals surface area contributed by atoms with Gasteiger partial charge in [-0.2, -0.15) is 0 Å². The third kappa shape index (κ3) is 7.66. The van der Waals surface area contributed by atoms with Crippen LogP contribution in [0.2, 0.25) is 0 Å². The highest BCUT2D eigenvalue weighted by Gasteiger charge is 2.48. The van der Waals surface area contributed by atoms with Gasteiger partial charge in [0.25, 0.3) is 0 Å². The van der Waals surface area contributed by atoms with Gasteiger partial charge in [-0.1, -0.05) is 77.0 Å². The molecule has 32 heavy (non-hydrogen) atoms. The first-order valence-corrected chi connectivity index (χ1v) is 12.8. The molecule has 0 aliphatic heterocycles. The van der Waals surface area contributed by atoms with Crippen molar-refractivity contribution in [3.05, 3.63) is 60.3 Å². The molecule has 0 amide bonds. The minimum Gasteiger partial charge on any atom is -0.393 e. The summed E-state index contributed by atoms with van der Waals surface area (Å²) in [4.78, 5) is 3.59. The number of rotatable bonds is 2. The van der Waals surface area contributed by atoms with E-state index in [1.807, 2.05) is 27.7 Å². The van der Waals surface area contributed by atoms with Gasteiger partial charge < -0.3 is 10.1 Å². The number of para-hydroxylation sites is 1. The van der Waals surface area contributed by atoms with Crippen LogP contribution in [0.25, 0.3) is 10.9 Å². The SMILES string of the molecule is C=C(C)C.C=C1CCC2C[C@@H](O)CC[C@]2(C)[C@H]1Cc1cc2ccccc2[nH]1.CC.CCC. The van der Waals surface area contributed by atoms with Crippen LogP contribution in [0.3, 0.4) is 0 Å². The van der Waals surface area contributed by atoms with Crippen LogP contribution in [-0.4, -0.2) is 16.2 Å². The fourth-order valence-electron chi connectivity index (χ4n) is 5.14. The molecule has 1 unspecified atom stereocenters. The number of aromatic amines is 1. The molecule has 0 bridgehead atoms. The molecule has 2 aromatic rings. The monoisotopic (exact) mass is 439 g/mol. The number of aliphatic hydroxyl groups excluding tert-OH is 1. The molecule has 0 saturated heterocycles. The summed E-state index contributed by atoms with van der Waals surface area (Å²) in [6.45, 7) is 22.6. The second-order valence-electron chi connectivity index (χ2n) is 9.88. The molecule has 2 aliphatic carbocycles. The van der Waals surface area contributed by atoms with E-state index in [0.29, 0.717) is 17.3 Å². The number of allylic oxidation sites excluding steroid dienone is 2. The standard InChI is InChI=1S/C21H27NO.C4H8.C3H8.C2H6/c1-14-7-8-16-12-18(23)9-10-21(16,2)19(14)13-17-11-15-5-3-4-6-20(15)22-17;1-4(2)3;1-3-2;1-2/h3-6,11,16,18-19,22-23H,1,7-10,12-13H2,2H3;1H2,2-3H3;3H2,1-2H3;1-2H3/t16?,18-,19-,21-;;;/m0.../s1. The Bertz CT molecular complexity index is 795. The maximum Gasteiger partial charge on any atom is 0.0543 e. The number of hydrogen-bond acceptors (Lipinski definition) is 1. The Morgan fingerprint density at radius 2 is 1.75 bits per heavy atom. The van der Waals surface area contributed by atoms with Gasteiger partial charge in [0.1, 0.15) is 0 Å². The Morgan fingerprint density at radius 1 is 1.16 bits per heavy atom. The normalized spacial score (nSPS) is 26.4. The highest BCUT2D eigenvalue weighted by molar-refractivity contribution is 5.80. The Labute approximate surface area is 198 Å². The lowest BCUT2D eigenvalue weighted by atomic mass is 9.53. The van der Waals surface area contributed by atoms with Crippen LogP contribution in [-0.2, 0) is 6.42 Å². The lowest BCUT2D eigenvalue weighted by Gasteiger charge is -2.52. The minimum absolute atomic E-state index is 0.0897. The molecule has 1 aromatic heterocycles. The fraction of sp³-hybridized carbons (Fsp3) is 0.600. The summed E-state index contributed by atoms with van der Waals surface area (Å²) in [6, 6.07) is 10.8. The average molecular weight is 440 g/mol. The summed E-state index contributed by atoms with van der Waals surface area (Å²) in [5, 5.41) is 11.4. The van der Waals surface area contributed by atoms with Gasteiger partial charge in [0.15, 0.2) is 0 Å². The zero-order valence-electron chi connectivity index (χ0n) is 21.9. The van der Waals surface area contributed by atoms with E-state index in [0.717, 1.165) is 32.1 Å². The summed E-state index contributed by atoms with van der Waals surface area (Å²) < 4.78 is 0. The van der Waals surface area contributed by atoms with E-state index >= 15 is 0 Å². The summed E-state index contributed by atoms with van der Waals surface area (Å²) in [6.07, 6.45) is 7.59. The number of aliphatic hydroxyl groups is 1. The summed E-state index contributed by atoms with van der Waals surface area (Å²) in [7, 11) is 0. The zero-order valence-corrected chi connectivity index (χ0v) is 21.9. The van der Waals surface area contributed by atoms with Gasteiger partial charge in [-0.15, -0.1) is 6.58 Å². The first-order valence-electron chi connectivity index (χ1n) is 12.8. The number of fused-ring (bicyclic) bond motifs is 2. The highest BCUT2D eigenvalue weighted by atomic mass is 16.3. The highest BCUT2D eigenvalue weighted by Crippen LogP contribution is 2.55. The van der Waals surface area contributed by atoms with Crippen molar-refractivity contribution in [3.8, 4) is 0 Å². The number of hydrogen-bond donors (Lipinski definition) is 2. The second kappa shape index (κ2) is 13.7. The van der Waals surface area contributed by atoms with Crippen molar-refractivity contribution in [3.63, 3.8) is 0 Å². The van der Waals surface area contributed by atoms with Crippen LogP contribution in [0.4, 0.5) is 0 Å². The Kier molecular flexibility index (Phi) is 12.1. The Morgan fingerprint density at radius 3 is 2.34 bits per heavy atom. The van der Waals surface area contributed by atoms with Gasteiger partial charge in [0, 0.05) is 11.2 Å². The van der Waals surface area contributed by atoms with Crippen LogP contribution in [0.15, 0.2) is 54.6 Å². The molecular weight excluding hydrogens is 390 g/mol. The molecule has 2 fully saturated rings. The van der Waals surface area contributed by atoms with Crippen molar-refractivity contribution in [2.75, 3.05) is 0 Å². The van der Waals surface area contributed by atoms with Crippen molar-refractivity contribution in [2.24, 2.45) is 17.3 Å². The molecule has 2 aliphatic rings. The lowest BCUT2D eigenvalue weighted by molar-refractivity contribution is -0.0268. The van der Waals surface area contributed by atoms with Crippen molar-refractivity contribution >= 4 is 10.9 Å². The quantitative estimate of drug-likeness (QED) is 0.450. The molecule has 180 valence electrons. The molecule has 1 heterocycles. The van der Waals surface area contributed by atoms with Gasteiger partial charge >= 0.3 is 0 Å². The van der Waals surface area contributed by atoms with Gasteiger partial charge in [-0.25, -0.2) is 0 Å². The van der Waals surface area contributed by atoms with E-state index in [4.69, 9.17) is 0 Å². The molecule has 4 rings (SSSR count). The molecule has 2 nitrogen and oxygen atoms in total. The van der Waals surface area contributed by atoms with Crippen LogP contribution in [0.5, 0.6) is 0 Å². The zero-order chi connectivity index (χ0) is 24.3. The van der Waals surface area contributed by atoms with E-state index < -0.39 is 0 Å². The Balaban J connectivity index is 0.000000496. The van der Waals surface area contributed by atoms with Crippen LogP contribution in [0, 0.1) is 17.3 Å². The Hall–Kier alpha value is -1.80. The third-order valence-corrected chi connectivity index (χ3v) is 6.62. The minimum atomic E-state index is -0.0897. The topological polar surface area (TPSA) is 36.0 Å². The van der Waals surface area contributed by atoms with E-state index in [2.05, 4.69) is 69.2 Å². The largest absolute Gasteiger partial charge is 0.393 e. The maximum absolute atomic E-state index is 10.1. The summed E-state index contributed by atoms with van der Waals surface area (Å²) in [5.74, 6) is 1.17. The molecule has 4 atom stereocenters. The number of H-pyrrole nitrogens is 1. The van der Waals surface area contributed by atoms with Gasteiger partial charge in [-0.3, -0.25) is 0 Å². The predicted molar refractivity (Wildman–Crippen MR) is 143 cm³/mol. The van der Waals surface area contributed by atoms with Crippen LogP contribution in [0.1, 0.15) is 92.7 Å². The van der Waals surface area contributed by atoms with Gasteiger partial charge in [0.05, 0.1) is 6.10 Å². The second-order valence-corrected chi connectivity index (χ2v) is 9.88. The molecule has 0 spiro atoms. The number of benzene rings is 1. The van der Waals surface area contributed by atoms with E-state index in [-0.39, 0.29) is 6.10 Å². The average Bonchev–Trinajstić information content (AvgIpc) is 3.16. The first-order chi connectivity index (χ1) is 15.2. The molecule has 0 radical (unpaired) electrons. The van der Waals surface area contributed by atoms with Crippen molar-refractivity contribution < 1.29 is 5.11 Å². The lowest BCUT2D eigenvalue weighted by Crippen LogP contribution is -2.46. The summed E-state index contributed by atoms with van der Waals surface area (Å²) in [5.41, 5.74) is 5.43. The molecule has 2 N–H and O–H groups in total. The first kappa shape index (κ1) is 28.2. The van der Waals surface area contributed by atoms with E-state index in [9.17, 15) is 5.11 Å². The molecular formula is C30H49NO. The van der Waals surface area contributed by atoms with Gasteiger partial charge in [-0.05, 0) is 87.1 Å². The van der Waals surface area contributed by atoms with Crippen LogP contribution >= 0.6 is 0 Å². The van der Waals surface area contributed by atoms with Crippen molar-refractivity contribution in [1.82, 2.24) is 4.98 Å². The molecule has 1 aromatic carbocycles. The fourth-order valence-corrected chi connectivity index (χ4v) is 5.14. The molecule has 2 heteroatoms. The summed E-state index contributed by atoms with van der Waals surface area (Å²) >= 11 is 0. The van der Waals surface area contributed by atoms with E-state index in [1.54, 1.807) is 0 Å². The predicted octanol–water partition coefficient (Wildman–Crippen LogP) is 8.87. The maximum atomic E-state index is 10.1. The van der Waals surface area contributed by atoms with E-state index in [1.165, 1.54) is 40.6 Å². The number of nitrogens with one attached hydrogen (secondary N) is 1. The van der Waals surface area contributed by atoms with Gasteiger partial charge in [0.2, 0.25) is 0 Å². The molecule has 2 saturated carbocycles. The smallest absolute Gasteiger partial charge is 0.0543 e. The number of aromatic nitrogens is 1. The van der Waals surface area contributed by atoms with Crippen molar-refractivity contribution in [2.45, 2.75) is 99.5 Å².